The fourth-order valence-corrected chi connectivity index (χ4v) is 2.78. The van der Waals surface area contributed by atoms with Crippen LogP contribution in [0.15, 0.2) is 12.1 Å². The van der Waals surface area contributed by atoms with E-state index in [0.717, 1.165) is 18.7 Å². The number of ether oxygens (including phenoxy) is 1. The molecule has 2 heteroatoms. The molecule has 114 valence electrons. The zero-order valence-electron chi connectivity index (χ0n) is 14.2. The summed E-state index contributed by atoms with van der Waals surface area (Å²) in [6.07, 6.45) is 1.16. The maximum atomic E-state index is 5.48. The van der Waals surface area contributed by atoms with Gasteiger partial charge in [0.15, 0.2) is 0 Å². The molecule has 0 aliphatic carbocycles. The minimum absolute atomic E-state index is 0.415. The number of rotatable bonds is 7. The van der Waals surface area contributed by atoms with Gasteiger partial charge in [-0.2, -0.15) is 0 Å². The van der Waals surface area contributed by atoms with Gasteiger partial charge in [0.25, 0.3) is 0 Å². The first kappa shape index (κ1) is 17.0. The van der Waals surface area contributed by atoms with E-state index in [4.69, 9.17) is 4.74 Å². The summed E-state index contributed by atoms with van der Waals surface area (Å²) in [6, 6.07) is 4.97. The van der Waals surface area contributed by atoms with Crippen molar-refractivity contribution < 1.29 is 4.74 Å². The zero-order valence-corrected chi connectivity index (χ0v) is 14.2. The molecule has 0 fully saturated rings. The molecular formula is C18H31NO. The first-order valence-electron chi connectivity index (χ1n) is 7.80. The third kappa shape index (κ3) is 3.99. The molecule has 0 aliphatic heterocycles. The highest BCUT2D eigenvalue weighted by Gasteiger charge is 2.22. The molecule has 2 nitrogen and oxygen atoms in total. The molecule has 1 aromatic carbocycles. The van der Waals surface area contributed by atoms with Gasteiger partial charge in [0.05, 0.1) is 7.11 Å². The third-order valence-corrected chi connectivity index (χ3v) is 4.24. The van der Waals surface area contributed by atoms with E-state index >= 15 is 0 Å². The Morgan fingerprint density at radius 3 is 2.05 bits per heavy atom. The highest BCUT2D eigenvalue weighted by molar-refractivity contribution is 5.44. The lowest BCUT2D eigenvalue weighted by Gasteiger charge is -2.29. The summed E-state index contributed by atoms with van der Waals surface area (Å²) in [5.41, 5.74) is 3.83. The average molecular weight is 277 g/mol. The first-order valence-corrected chi connectivity index (χ1v) is 7.80. The van der Waals surface area contributed by atoms with Crippen LogP contribution in [0.4, 0.5) is 0 Å². The second-order valence-electron chi connectivity index (χ2n) is 6.22. The maximum Gasteiger partial charge on any atom is 0.124 e. The molecule has 20 heavy (non-hydrogen) atoms. The van der Waals surface area contributed by atoms with E-state index in [1.807, 2.05) is 0 Å². The first-order chi connectivity index (χ1) is 9.42. The van der Waals surface area contributed by atoms with E-state index in [-0.39, 0.29) is 0 Å². The van der Waals surface area contributed by atoms with E-state index in [0.29, 0.717) is 17.9 Å². The predicted octanol–water partition coefficient (Wildman–Crippen LogP) is 4.64. The van der Waals surface area contributed by atoms with Crippen LogP contribution in [-0.2, 0) is 0 Å². The minimum atomic E-state index is 0.415. The van der Waals surface area contributed by atoms with Crippen LogP contribution in [0.3, 0.4) is 0 Å². The van der Waals surface area contributed by atoms with E-state index in [1.165, 1.54) is 16.7 Å². The molecule has 0 spiro atoms. The van der Waals surface area contributed by atoms with E-state index in [9.17, 15) is 0 Å². The van der Waals surface area contributed by atoms with Crippen molar-refractivity contribution in [2.24, 2.45) is 11.8 Å². The quantitative estimate of drug-likeness (QED) is 0.783. The van der Waals surface area contributed by atoms with Gasteiger partial charge in [-0.1, -0.05) is 39.8 Å². The third-order valence-electron chi connectivity index (χ3n) is 4.24. The molecule has 2 unspecified atom stereocenters. The summed E-state index contributed by atoms with van der Waals surface area (Å²) in [5, 5.41) is 3.72. The second-order valence-corrected chi connectivity index (χ2v) is 6.22. The molecule has 1 aromatic rings. The molecule has 0 aliphatic rings. The maximum absolute atomic E-state index is 5.48. The van der Waals surface area contributed by atoms with E-state index in [2.05, 4.69) is 59.0 Å². The van der Waals surface area contributed by atoms with Gasteiger partial charge in [-0.15, -0.1) is 0 Å². The lowest BCUT2D eigenvalue weighted by molar-refractivity contribution is 0.303. The van der Waals surface area contributed by atoms with Crippen molar-refractivity contribution in [3.05, 3.63) is 28.8 Å². The van der Waals surface area contributed by atoms with Crippen molar-refractivity contribution in [1.29, 1.82) is 0 Å². The van der Waals surface area contributed by atoms with Gasteiger partial charge in [-0.3, -0.25) is 0 Å². The van der Waals surface area contributed by atoms with Crippen molar-refractivity contribution in [2.45, 2.75) is 54.0 Å². The lowest BCUT2D eigenvalue weighted by Crippen LogP contribution is -2.30. The Hall–Kier alpha value is -1.02. The molecular weight excluding hydrogens is 246 g/mol. The Morgan fingerprint density at radius 2 is 1.65 bits per heavy atom. The molecule has 1 N–H and O–H groups in total. The number of benzene rings is 1. The Morgan fingerprint density at radius 1 is 1.10 bits per heavy atom. The monoisotopic (exact) mass is 277 g/mol. The van der Waals surface area contributed by atoms with Crippen LogP contribution in [0.2, 0.25) is 0 Å². The standard InChI is InChI=1S/C18H31NO/c1-8-9-19-17(15(6)12(2)3)16-10-13(4)18(20-7)14(5)11-16/h10-12,15,17,19H,8-9H2,1-7H3. The summed E-state index contributed by atoms with van der Waals surface area (Å²) in [6.45, 7) is 14.5. The summed E-state index contributed by atoms with van der Waals surface area (Å²) in [7, 11) is 1.75. The number of hydrogen-bond donors (Lipinski definition) is 1. The number of nitrogens with one attached hydrogen (secondary N) is 1. The van der Waals surface area contributed by atoms with Crippen molar-refractivity contribution in [3.63, 3.8) is 0 Å². The molecule has 0 amide bonds. The fourth-order valence-electron chi connectivity index (χ4n) is 2.78. The smallest absolute Gasteiger partial charge is 0.124 e. The summed E-state index contributed by atoms with van der Waals surface area (Å²) in [4.78, 5) is 0. The zero-order chi connectivity index (χ0) is 15.3. The van der Waals surface area contributed by atoms with Crippen LogP contribution in [0.1, 0.15) is 56.8 Å². The van der Waals surface area contributed by atoms with Gasteiger partial charge in [0, 0.05) is 6.04 Å². The van der Waals surface area contributed by atoms with Crippen LogP contribution < -0.4 is 10.1 Å². The van der Waals surface area contributed by atoms with Crippen LogP contribution in [0.5, 0.6) is 5.75 Å². The van der Waals surface area contributed by atoms with Crippen LogP contribution in [-0.4, -0.2) is 13.7 Å². The fraction of sp³-hybridized carbons (Fsp3) is 0.667. The minimum Gasteiger partial charge on any atom is -0.496 e. The van der Waals surface area contributed by atoms with Crippen molar-refractivity contribution in [2.75, 3.05) is 13.7 Å². The highest BCUT2D eigenvalue weighted by atomic mass is 16.5. The largest absolute Gasteiger partial charge is 0.496 e. The van der Waals surface area contributed by atoms with Gasteiger partial charge in [0.1, 0.15) is 5.75 Å². The Labute approximate surface area is 124 Å². The molecule has 0 radical (unpaired) electrons. The van der Waals surface area contributed by atoms with Crippen molar-refractivity contribution >= 4 is 0 Å². The summed E-state index contributed by atoms with van der Waals surface area (Å²) in [5.74, 6) is 2.28. The average Bonchev–Trinajstić information content (AvgIpc) is 2.38. The Bertz CT molecular complexity index is 402. The molecule has 1 rings (SSSR count). The van der Waals surface area contributed by atoms with Crippen molar-refractivity contribution in [1.82, 2.24) is 5.32 Å². The summed E-state index contributed by atoms with van der Waals surface area (Å²) < 4.78 is 5.48. The van der Waals surface area contributed by atoms with Crippen LogP contribution in [0.25, 0.3) is 0 Å². The SMILES string of the molecule is CCCNC(c1cc(C)c(OC)c(C)c1)C(C)C(C)C. The Balaban J connectivity index is 3.13. The predicted molar refractivity (Wildman–Crippen MR) is 87.5 cm³/mol. The Kier molecular flexibility index (Phi) is 6.54. The highest BCUT2D eigenvalue weighted by Crippen LogP contribution is 2.32. The van der Waals surface area contributed by atoms with Crippen molar-refractivity contribution in [3.8, 4) is 5.75 Å². The van der Waals surface area contributed by atoms with Gasteiger partial charge in [0.2, 0.25) is 0 Å². The lowest BCUT2D eigenvalue weighted by atomic mass is 9.85. The molecule has 0 saturated carbocycles. The van der Waals surface area contributed by atoms with Crippen LogP contribution >= 0.6 is 0 Å². The molecule has 0 bridgehead atoms. The number of aryl methyl sites for hydroxylation is 2. The number of hydrogen-bond acceptors (Lipinski definition) is 2. The normalized spacial score (nSPS) is 14.4. The van der Waals surface area contributed by atoms with Gasteiger partial charge >= 0.3 is 0 Å². The number of methoxy groups -OCH3 is 1. The molecule has 0 heterocycles. The molecule has 0 saturated heterocycles. The van der Waals surface area contributed by atoms with Gasteiger partial charge in [-0.05, 0) is 55.3 Å². The van der Waals surface area contributed by atoms with E-state index in [1.54, 1.807) is 7.11 Å². The van der Waals surface area contributed by atoms with Gasteiger partial charge in [-0.25, -0.2) is 0 Å². The van der Waals surface area contributed by atoms with Crippen LogP contribution in [0, 0.1) is 25.7 Å². The van der Waals surface area contributed by atoms with E-state index < -0.39 is 0 Å². The van der Waals surface area contributed by atoms with Gasteiger partial charge < -0.3 is 10.1 Å². The topological polar surface area (TPSA) is 21.3 Å². The second kappa shape index (κ2) is 7.68. The molecule has 2 atom stereocenters. The summed E-state index contributed by atoms with van der Waals surface area (Å²) >= 11 is 0. The molecule has 0 aromatic heterocycles.